The molecule has 2 atom stereocenters. The number of ether oxygens (including phenoxy) is 1. The number of thiocarbonyl (C=S) groups is 1. The first-order valence-corrected chi connectivity index (χ1v) is 13.0. The van der Waals surface area contributed by atoms with Gasteiger partial charge in [0.25, 0.3) is 0 Å². The van der Waals surface area contributed by atoms with Crippen molar-refractivity contribution in [1.29, 1.82) is 0 Å². The van der Waals surface area contributed by atoms with E-state index in [1.807, 2.05) is 103 Å². The third-order valence-corrected chi connectivity index (χ3v) is 7.08. The summed E-state index contributed by atoms with van der Waals surface area (Å²) >= 11 is 11.9. The van der Waals surface area contributed by atoms with Crippen molar-refractivity contribution >= 4 is 34.6 Å². The molecule has 3 aromatic carbocycles. The highest BCUT2D eigenvalue weighted by molar-refractivity contribution is 7.80. The van der Waals surface area contributed by atoms with Crippen LogP contribution in [0.4, 0.5) is 5.69 Å². The highest BCUT2D eigenvalue weighted by Crippen LogP contribution is 2.43. The molecular formula is C31H24ClN3O2S. The topological polar surface area (TPSA) is 50.5 Å². The summed E-state index contributed by atoms with van der Waals surface area (Å²) in [5.74, 6) is 3.07. The highest BCUT2D eigenvalue weighted by Gasteiger charge is 2.42. The van der Waals surface area contributed by atoms with E-state index >= 15 is 0 Å². The summed E-state index contributed by atoms with van der Waals surface area (Å²) in [7, 11) is 0. The Morgan fingerprint density at radius 3 is 2.26 bits per heavy atom. The zero-order valence-electron chi connectivity index (χ0n) is 20.5. The lowest BCUT2D eigenvalue weighted by Crippen LogP contribution is -2.29. The lowest BCUT2D eigenvalue weighted by Gasteiger charge is -2.26. The third kappa shape index (κ3) is 4.88. The number of rotatable bonds is 6. The van der Waals surface area contributed by atoms with Gasteiger partial charge in [-0.1, -0.05) is 35.4 Å². The van der Waals surface area contributed by atoms with Crippen LogP contribution in [0.25, 0.3) is 11.3 Å². The van der Waals surface area contributed by atoms with Crippen LogP contribution in [0.15, 0.2) is 114 Å². The molecule has 2 aromatic heterocycles. The first-order valence-electron chi connectivity index (χ1n) is 12.3. The molecule has 5 aromatic rings. The van der Waals surface area contributed by atoms with E-state index in [1.54, 1.807) is 6.20 Å². The Hall–Kier alpha value is -4.13. The van der Waals surface area contributed by atoms with Gasteiger partial charge in [-0.25, -0.2) is 0 Å². The van der Waals surface area contributed by atoms with Crippen molar-refractivity contribution in [2.75, 3.05) is 4.90 Å². The van der Waals surface area contributed by atoms with Gasteiger partial charge in [0.05, 0.1) is 11.7 Å². The normalized spacial score (nSPS) is 16.9. The number of pyridine rings is 1. The van der Waals surface area contributed by atoms with Crippen molar-refractivity contribution in [3.05, 3.63) is 131 Å². The molecule has 7 heteroatoms. The zero-order chi connectivity index (χ0) is 26.1. The summed E-state index contributed by atoms with van der Waals surface area (Å²) in [6.45, 7) is 2.05. The molecule has 1 aliphatic heterocycles. The van der Waals surface area contributed by atoms with Crippen LogP contribution in [0.1, 0.15) is 29.1 Å². The van der Waals surface area contributed by atoms with Crippen LogP contribution >= 0.6 is 23.8 Å². The maximum absolute atomic E-state index is 6.42. The van der Waals surface area contributed by atoms with Crippen LogP contribution in [0.5, 0.6) is 11.5 Å². The second-order valence-electron chi connectivity index (χ2n) is 9.11. The molecule has 6 rings (SSSR count). The largest absolute Gasteiger partial charge is 0.459 e. The Morgan fingerprint density at radius 2 is 1.58 bits per heavy atom. The highest BCUT2D eigenvalue weighted by atomic mass is 35.5. The van der Waals surface area contributed by atoms with E-state index in [1.165, 1.54) is 5.56 Å². The monoisotopic (exact) mass is 537 g/mol. The first kappa shape index (κ1) is 24.2. The van der Waals surface area contributed by atoms with Crippen LogP contribution in [0, 0.1) is 6.92 Å². The van der Waals surface area contributed by atoms with Crippen LogP contribution in [0.2, 0.25) is 5.02 Å². The van der Waals surface area contributed by atoms with Gasteiger partial charge in [-0.3, -0.25) is 4.98 Å². The average Bonchev–Trinajstić information content (AvgIpc) is 3.56. The van der Waals surface area contributed by atoms with Gasteiger partial charge in [0.15, 0.2) is 5.11 Å². The van der Waals surface area contributed by atoms with Gasteiger partial charge in [0.1, 0.15) is 29.1 Å². The third-order valence-electron chi connectivity index (χ3n) is 6.52. The van der Waals surface area contributed by atoms with Crippen LogP contribution in [-0.2, 0) is 0 Å². The summed E-state index contributed by atoms with van der Waals surface area (Å²) < 4.78 is 12.5. The fraction of sp³-hybridized carbons (Fsp3) is 0.0968. The van der Waals surface area contributed by atoms with Gasteiger partial charge in [-0.05, 0) is 104 Å². The van der Waals surface area contributed by atoms with Gasteiger partial charge in [-0.2, -0.15) is 0 Å². The van der Waals surface area contributed by atoms with Crippen LogP contribution < -0.4 is 15.0 Å². The van der Waals surface area contributed by atoms with Crippen molar-refractivity contribution in [3.63, 3.8) is 0 Å². The summed E-state index contributed by atoms with van der Waals surface area (Å²) in [6, 6.07) is 32.9. The minimum atomic E-state index is -0.248. The van der Waals surface area contributed by atoms with E-state index in [9.17, 15) is 0 Å². The number of hydrogen-bond donors (Lipinski definition) is 1. The second kappa shape index (κ2) is 10.3. The standard InChI is InChI=1S/C31H24ClN3O2S/c1-20-5-13-24(14-6-20)36-25-15-11-23(12-16-25)35-30(29(34-31(35)38)26-4-2-3-19-33-26)28-18-17-27(37-28)21-7-9-22(32)10-8-21/h2-19,29-30H,1H3,(H,34,38)/t29-,30+/m1/s1. The van der Waals surface area contributed by atoms with Crippen molar-refractivity contribution in [1.82, 2.24) is 10.3 Å². The van der Waals surface area contributed by atoms with E-state index in [2.05, 4.69) is 22.1 Å². The molecule has 1 N–H and O–H groups in total. The first-order chi connectivity index (χ1) is 18.5. The van der Waals surface area contributed by atoms with Crippen molar-refractivity contribution in [2.24, 2.45) is 0 Å². The molecule has 188 valence electrons. The SMILES string of the molecule is Cc1ccc(Oc2ccc(N3C(=S)N[C@H](c4ccccn4)[C@@H]3c3ccc(-c4ccc(Cl)cc4)o3)cc2)cc1. The van der Waals surface area contributed by atoms with E-state index in [0.29, 0.717) is 10.1 Å². The van der Waals surface area contributed by atoms with Gasteiger partial charge in [-0.15, -0.1) is 0 Å². The molecule has 0 unspecified atom stereocenters. The van der Waals surface area contributed by atoms with E-state index in [-0.39, 0.29) is 12.1 Å². The fourth-order valence-corrected chi connectivity index (χ4v) is 5.09. The number of aromatic nitrogens is 1. The molecule has 0 amide bonds. The molecule has 1 aliphatic rings. The minimum Gasteiger partial charge on any atom is -0.459 e. The Kier molecular flexibility index (Phi) is 6.58. The van der Waals surface area contributed by atoms with E-state index in [4.69, 9.17) is 33.0 Å². The smallest absolute Gasteiger partial charge is 0.174 e. The van der Waals surface area contributed by atoms with Gasteiger partial charge in [0.2, 0.25) is 0 Å². The van der Waals surface area contributed by atoms with Crippen molar-refractivity contribution < 1.29 is 9.15 Å². The molecule has 0 bridgehead atoms. The predicted octanol–water partition coefficient (Wildman–Crippen LogP) is 8.27. The van der Waals surface area contributed by atoms with Crippen molar-refractivity contribution in [2.45, 2.75) is 19.0 Å². The Bertz CT molecular complexity index is 1550. The van der Waals surface area contributed by atoms with Gasteiger partial charge in [0, 0.05) is 22.5 Å². The number of aryl methyl sites for hydroxylation is 1. The Balaban J connectivity index is 1.34. The van der Waals surface area contributed by atoms with Crippen molar-refractivity contribution in [3.8, 4) is 22.8 Å². The fourth-order valence-electron chi connectivity index (χ4n) is 4.62. The molecule has 0 spiro atoms. The molecular weight excluding hydrogens is 514 g/mol. The summed E-state index contributed by atoms with van der Waals surface area (Å²) in [5, 5.41) is 4.75. The summed E-state index contributed by atoms with van der Waals surface area (Å²) in [4.78, 5) is 6.69. The van der Waals surface area contributed by atoms with Gasteiger partial charge < -0.3 is 19.4 Å². The van der Waals surface area contributed by atoms with E-state index in [0.717, 1.165) is 40.0 Å². The van der Waals surface area contributed by atoms with Crippen LogP contribution in [-0.4, -0.2) is 10.1 Å². The summed E-state index contributed by atoms with van der Waals surface area (Å²) in [5.41, 5.74) is 3.94. The summed E-state index contributed by atoms with van der Waals surface area (Å²) in [6.07, 6.45) is 1.79. The molecule has 0 saturated carbocycles. The maximum atomic E-state index is 6.42. The molecule has 0 radical (unpaired) electrons. The predicted molar refractivity (Wildman–Crippen MR) is 155 cm³/mol. The number of furan rings is 1. The number of nitrogens with zero attached hydrogens (tertiary/aromatic N) is 2. The molecule has 38 heavy (non-hydrogen) atoms. The van der Waals surface area contributed by atoms with Gasteiger partial charge >= 0.3 is 0 Å². The maximum Gasteiger partial charge on any atom is 0.174 e. The second-order valence-corrected chi connectivity index (χ2v) is 9.94. The lowest BCUT2D eigenvalue weighted by molar-refractivity contribution is 0.439. The number of nitrogens with one attached hydrogen (secondary N) is 1. The molecule has 1 saturated heterocycles. The molecule has 5 nitrogen and oxygen atoms in total. The number of halogens is 1. The zero-order valence-corrected chi connectivity index (χ0v) is 22.1. The van der Waals surface area contributed by atoms with Crippen LogP contribution in [0.3, 0.4) is 0 Å². The number of anilines is 1. The van der Waals surface area contributed by atoms with E-state index < -0.39 is 0 Å². The molecule has 0 aliphatic carbocycles. The number of hydrogen-bond acceptors (Lipinski definition) is 4. The molecule has 3 heterocycles. The Morgan fingerprint density at radius 1 is 0.868 bits per heavy atom. The quantitative estimate of drug-likeness (QED) is 0.220. The average molecular weight is 538 g/mol. The minimum absolute atomic E-state index is 0.198. The number of benzene rings is 3. The lowest BCUT2D eigenvalue weighted by atomic mass is 10.0. The molecule has 1 fully saturated rings. The Labute approximate surface area is 231 Å².